The highest BCUT2D eigenvalue weighted by Gasteiger charge is 2.28. The van der Waals surface area contributed by atoms with Crippen molar-refractivity contribution in [2.24, 2.45) is 0 Å². The van der Waals surface area contributed by atoms with E-state index < -0.39 is 22.5 Å². The van der Waals surface area contributed by atoms with Crippen LogP contribution in [0.3, 0.4) is 0 Å². The molecule has 0 unspecified atom stereocenters. The Bertz CT molecular complexity index is 1370. The highest BCUT2D eigenvalue weighted by molar-refractivity contribution is 6.20. The zero-order valence-electron chi connectivity index (χ0n) is 14.2. The lowest BCUT2D eigenvalue weighted by molar-refractivity contribution is 0.499. The van der Waals surface area contributed by atoms with Crippen molar-refractivity contribution in [1.82, 2.24) is 0 Å². The fraction of sp³-hybridized carbons (Fsp3) is 0. The van der Waals surface area contributed by atoms with E-state index in [0.29, 0.717) is 11.1 Å². The molecular weight excluding hydrogens is 360 g/mol. The average molecular weight is 370 g/mol. The number of furan rings is 2. The van der Waals surface area contributed by atoms with Crippen LogP contribution in [0, 0.1) is 0 Å². The number of rotatable bonds is 2. The van der Waals surface area contributed by atoms with Crippen molar-refractivity contribution in [2.45, 2.75) is 0 Å². The summed E-state index contributed by atoms with van der Waals surface area (Å²) < 4.78 is 9.73. The monoisotopic (exact) mass is 370 g/mol. The normalized spacial score (nSPS) is 11.4. The Morgan fingerprint density at radius 2 is 0.714 bits per heavy atom. The summed E-state index contributed by atoms with van der Waals surface area (Å²) in [6, 6.07) is 17.2. The lowest BCUT2D eigenvalue weighted by Gasteiger charge is -2.09. The van der Waals surface area contributed by atoms with Gasteiger partial charge in [0.25, 0.3) is 0 Å². The molecule has 0 saturated heterocycles. The average Bonchev–Trinajstić information content (AvgIpc) is 3.17. The summed E-state index contributed by atoms with van der Waals surface area (Å²) >= 11 is 0. The quantitative estimate of drug-likeness (QED) is 0.474. The number of benzene rings is 3. The van der Waals surface area contributed by atoms with Gasteiger partial charge >= 0.3 is 22.5 Å². The van der Waals surface area contributed by atoms with Crippen LogP contribution in [0.2, 0.25) is 0 Å². The highest BCUT2D eigenvalue weighted by atomic mass is 16.4. The minimum absolute atomic E-state index is 0.0274. The maximum Gasteiger partial charge on any atom is 0.347 e. The number of hydrogen-bond donors (Lipinski definition) is 0. The Morgan fingerprint density at radius 1 is 0.429 bits per heavy atom. The summed E-state index contributed by atoms with van der Waals surface area (Å²) in [5, 5.41) is -0.109. The molecule has 0 saturated carbocycles. The molecule has 5 aromatic rings. The fourth-order valence-corrected chi connectivity index (χ4v) is 3.73. The Morgan fingerprint density at radius 3 is 1.00 bits per heavy atom. The summed E-state index contributed by atoms with van der Waals surface area (Å²) in [4.78, 5) is 50.2. The number of hydrogen-bond acceptors (Lipinski definition) is 6. The predicted octanol–water partition coefficient (Wildman–Crippen LogP) is 2.83. The van der Waals surface area contributed by atoms with Crippen LogP contribution in [0.15, 0.2) is 88.7 Å². The minimum Gasteiger partial charge on any atom is -0.386 e. The molecule has 0 spiro atoms. The van der Waals surface area contributed by atoms with Crippen molar-refractivity contribution in [2.75, 3.05) is 0 Å². The summed E-state index contributed by atoms with van der Waals surface area (Å²) in [6.07, 6.45) is 0. The largest absolute Gasteiger partial charge is 0.386 e. The van der Waals surface area contributed by atoms with Gasteiger partial charge in [-0.3, -0.25) is 0 Å². The van der Waals surface area contributed by atoms with Gasteiger partial charge in [0.05, 0.1) is 21.5 Å². The Labute approximate surface area is 155 Å². The molecule has 0 N–H and O–H groups in total. The molecule has 0 aliphatic carbocycles. The van der Waals surface area contributed by atoms with Crippen LogP contribution in [0.1, 0.15) is 0 Å². The standard InChI is InChI=1S/C22H10O6/c23-19-15-13(11-7-3-1-4-8-11)16-18(22(26)28-20(16)24)14(17(15)21(25)27-19)12-9-5-2-6-10-12/h1-10H. The molecule has 28 heavy (non-hydrogen) atoms. The van der Waals surface area contributed by atoms with Gasteiger partial charge in [-0.15, -0.1) is 0 Å². The second-order valence-corrected chi connectivity index (χ2v) is 6.34. The first-order valence-electron chi connectivity index (χ1n) is 8.45. The SMILES string of the molecule is O=c1oc(=O)c2c(-c3ccccc3)c3c(=O)oc(=O)c3c(-c3ccccc3)c12. The molecule has 0 fully saturated rings. The van der Waals surface area contributed by atoms with E-state index in [0.717, 1.165) is 0 Å². The van der Waals surface area contributed by atoms with Gasteiger partial charge < -0.3 is 8.83 Å². The lowest BCUT2D eigenvalue weighted by Crippen LogP contribution is -2.02. The minimum atomic E-state index is -0.856. The molecule has 134 valence electrons. The third-order valence-corrected chi connectivity index (χ3v) is 4.81. The van der Waals surface area contributed by atoms with Crippen molar-refractivity contribution in [3.05, 3.63) is 102 Å². The van der Waals surface area contributed by atoms with Gasteiger partial charge in [-0.2, -0.15) is 0 Å². The van der Waals surface area contributed by atoms with E-state index in [-0.39, 0.29) is 32.7 Å². The van der Waals surface area contributed by atoms with Crippen LogP contribution in [-0.4, -0.2) is 0 Å². The van der Waals surface area contributed by atoms with Crippen LogP contribution in [0.5, 0.6) is 0 Å². The van der Waals surface area contributed by atoms with Gasteiger partial charge in [0, 0.05) is 11.1 Å². The van der Waals surface area contributed by atoms with Crippen LogP contribution in [0.4, 0.5) is 0 Å². The van der Waals surface area contributed by atoms with E-state index in [9.17, 15) is 19.2 Å². The van der Waals surface area contributed by atoms with E-state index in [4.69, 9.17) is 8.83 Å². The number of fused-ring (bicyclic) bond motifs is 2. The molecule has 0 aliphatic rings. The van der Waals surface area contributed by atoms with Crippen LogP contribution in [0.25, 0.3) is 43.8 Å². The van der Waals surface area contributed by atoms with Crippen LogP contribution in [-0.2, 0) is 0 Å². The molecule has 0 radical (unpaired) electrons. The Hall–Kier alpha value is -4.06. The summed E-state index contributed by atoms with van der Waals surface area (Å²) in [6.45, 7) is 0. The van der Waals surface area contributed by atoms with Gasteiger partial charge in [0.15, 0.2) is 0 Å². The Balaban J connectivity index is 2.18. The van der Waals surface area contributed by atoms with Crippen LogP contribution >= 0.6 is 0 Å². The van der Waals surface area contributed by atoms with E-state index in [1.165, 1.54) is 0 Å². The smallest absolute Gasteiger partial charge is 0.347 e. The third kappa shape index (κ3) is 2.08. The second kappa shape index (κ2) is 5.72. The maximum absolute atomic E-state index is 12.6. The van der Waals surface area contributed by atoms with Gasteiger partial charge in [-0.25, -0.2) is 19.2 Å². The molecule has 2 aromatic heterocycles. The van der Waals surface area contributed by atoms with Gasteiger partial charge in [-0.1, -0.05) is 60.7 Å². The molecule has 0 aliphatic heterocycles. The summed E-state index contributed by atoms with van der Waals surface area (Å²) in [5.41, 5.74) is -2.05. The highest BCUT2D eigenvalue weighted by Crippen LogP contribution is 2.39. The molecule has 2 heterocycles. The van der Waals surface area contributed by atoms with Gasteiger partial charge in [0.1, 0.15) is 0 Å². The topological polar surface area (TPSA) is 94.6 Å². The van der Waals surface area contributed by atoms with Crippen molar-refractivity contribution >= 4 is 21.5 Å². The predicted molar refractivity (Wildman–Crippen MR) is 104 cm³/mol. The first kappa shape index (κ1) is 16.1. The summed E-state index contributed by atoms with van der Waals surface area (Å²) in [5.74, 6) is 0. The molecule has 6 heteroatoms. The van der Waals surface area contributed by atoms with Crippen molar-refractivity contribution in [1.29, 1.82) is 0 Å². The molecular formula is C22H10O6. The fourth-order valence-electron chi connectivity index (χ4n) is 3.73. The van der Waals surface area contributed by atoms with Crippen molar-refractivity contribution in [3.8, 4) is 22.3 Å². The lowest BCUT2D eigenvalue weighted by atomic mass is 9.89. The van der Waals surface area contributed by atoms with E-state index in [1.807, 2.05) is 0 Å². The molecule has 6 nitrogen and oxygen atoms in total. The van der Waals surface area contributed by atoms with Crippen molar-refractivity contribution < 1.29 is 8.83 Å². The van der Waals surface area contributed by atoms with Gasteiger partial charge in [-0.05, 0) is 11.1 Å². The second-order valence-electron chi connectivity index (χ2n) is 6.34. The zero-order chi connectivity index (χ0) is 19.4. The Kier molecular flexibility index (Phi) is 3.30. The molecule has 3 aromatic carbocycles. The van der Waals surface area contributed by atoms with E-state index in [1.54, 1.807) is 60.7 Å². The van der Waals surface area contributed by atoms with Crippen LogP contribution < -0.4 is 22.5 Å². The van der Waals surface area contributed by atoms with Gasteiger partial charge in [0.2, 0.25) is 0 Å². The van der Waals surface area contributed by atoms with Crippen molar-refractivity contribution in [3.63, 3.8) is 0 Å². The molecule has 0 bridgehead atoms. The molecule has 5 rings (SSSR count). The summed E-state index contributed by atoms with van der Waals surface area (Å²) in [7, 11) is 0. The third-order valence-electron chi connectivity index (χ3n) is 4.81. The zero-order valence-corrected chi connectivity index (χ0v) is 14.2. The first-order chi connectivity index (χ1) is 13.6. The first-order valence-corrected chi connectivity index (χ1v) is 8.45. The van der Waals surface area contributed by atoms with E-state index in [2.05, 4.69) is 0 Å². The van der Waals surface area contributed by atoms with E-state index >= 15 is 0 Å². The maximum atomic E-state index is 12.6. The molecule has 0 atom stereocenters. The molecule has 0 amide bonds.